The molecule has 0 bridgehead atoms. The molecule has 2 fully saturated rings. The maximum atomic E-state index is 12.3. The number of H-pyrrole nitrogens is 1. The predicted molar refractivity (Wildman–Crippen MR) is 295 cm³/mol. The van der Waals surface area contributed by atoms with Gasteiger partial charge in [-0.1, -0.05) is 143 Å². The van der Waals surface area contributed by atoms with Crippen molar-refractivity contribution in [3.8, 4) is 11.4 Å². The number of fused-ring (bicyclic) bond motifs is 1. The van der Waals surface area contributed by atoms with E-state index in [1.165, 1.54) is 30.1 Å². The van der Waals surface area contributed by atoms with E-state index in [-0.39, 0.29) is 42.4 Å². The van der Waals surface area contributed by atoms with Crippen molar-refractivity contribution in [3.05, 3.63) is 179 Å². The molecule has 1 atom stereocenters. The molecule has 0 saturated carbocycles. The minimum atomic E-state index is -4.22. The Morgan fingerprint density at radius 3 is 1.59 bits per heavy atom. The number of nitrogens with zero attached hydrogens (tertiary/aromatic N) is 4. The summed E-state index contributed by atoms with van der Waals surface area (Å²) in [6, 6.07) is 56.4. The zero-order valence-electron chi connectivity index (χ0n) is 41.9. The molecule has 1 unspecified atom stereocenters. The van der Waals surface area contributed by atoms with Crippen LogP contribution in [0.4, 0.5) is 5.69 Å². The van der Waals surface area contributed by atoms with E-state index >= 15 is 0 Å². The number of cyclic esters (lactones) is 1. The van der Waals surface area contributed by atoms with Crippen LogP contribution in [0.25, 0.3) is 26.5 Å². The number of aromatic nitrogens is 2. The van der Waals surface area contributed by atoms with Gasteiger partial charge in [0.15, 0.2) is 14.7 Å². The van der Waals surface area contributed by atoms with E-state index in [0.29, 0.717) is 44.2 Å². The number of sulfonamides is 3. The van der Waals surface area contributed by atoms with Crippen LogP contribution in [-0.4, -0.2) is 107 Å². The van der Waals surface area contributed by atoms with Gasteiger partial charge in [-0.25, -0.2) is 30.2 Å². The van der Waals surface area contributed by atoms with Crippen LogP contribution in [0.5, 0.6) is 0 Å². The highest BCUT2D eigenvalue weighted by molar-refractivity contribution is 8.11. The number of hydrogen-bond donors (Lipinski definition) is 2. The minimum Gasteiger partial charge on any atom is -0.464 e. The molecule has 0 spiro atoms. The second-order valence-electron chi connectivity index (χ2n) is 18.0. The summed E-state index contributed by atoms with van der Waals surface area (Å²) in [7, 11) is -12.0. The Kier molecular flexibility index (Phi) is 20.4. The molecule has 2 aliphatic heterocycles. The number of nitrogens with one attached hydrogen (secondary N) is 1. The van der Waals surface area contributed by atoms with Crippen LogP contribution in [0, 0.1) is 0 Å². The molecule has 2 saturated heterocycles. The van der Waals surface area contributed by atoms with Crippen LogP contribution in [0.3, 0.4) is 0 Å². The number of anilines is 1. The first-order valence-electron chi connectivity index (χ1n) is 24.1. The molecule has 7 aromatic rings. The predicted octanol–water partition coefficient (Wildman–Crippen LogP) is 9.83. The highest BCUT2D eigenvalue weighted by atomic mass is 32.3. The first-order valence-corrected chi connectivity index (χ1v) is 30.4. The molecule has 18 heteroatoms. The van der Waals surface area contributed by atoms with E-state index in [2.05, 4.69) is 163 Å². The number of rotatable bonds is 14. The summed E-state index contributed by atoms with van der Waals surface area (Å²) < 4.78 is 78.4. The lowest BCUT2D eigenvalue weighted by atomic mass is 9.93. The second kappa shape index (κ2) is 26.4. The van der Waals surface area contributed by atoms with Crippen LogP contribution in [0.2, 0.25) is 0 Å². The number of esters is 1. The molecule has 0 amide bonds. The van der Waals surface area contributed by atoms with Crippen molar-refractivity contribution < 1.29 is 34.8 Å². The van der Waals surface area contributed by atoms with Gasteiger partial charge in [-0.3, -0.25) is 9.69 Å². The number of para-hydroxylation sites is 3. The van der Waals surface area contributed by atoms with Crippen molar-refractivity contribution in [2.75, 3.05) is 56.3 Å². The van der Waals surface area contributed by atoms with Gasteiger partial charge in [0, 0.05) is 55.9 Å². The summed E-state index contributed by atoms with van der Waals surface area (Å²) >= 11 is 0. The SMILES string of the molecule is CC(C)c1cccc(C(C)C)c1N.CS(=O)(=O)[N-]S(=O)(=O)CCCS(=O)(=O)N1CCN(C2CCOC2=O)CC1.c1ccc(-c2nc3ccccc3[nH]2)cc1.c1ccc([S+](c2ccccc2)c2ccccc2)cc1. The van der Waals surface area contributed by atoms with Crippen LogP contribution in [-0.2, 0) is 50.5 Å². The summed E-state index contributed by atoms with van der Waals surface area (Å²) in [6.07, 6.45) is 0.993. The van der Waals surface area contributed by atoms with Crippen LogP contribution < -0.4 is 5.73 Å². The van der Waals surface area contributed by atoms with Gasteiger partial charge in [-0.2, -0.15) is 4.31 Å². The molecule has 6 aromatic carbocycles. The largest absolute Gasteiger partial charge is 0.464 e. The third-order valence-corrected chi connectivity index (χ3v) is 18.8. The Morgan fingerprint density at radius 2 is 1.14 bits per heavy atom. The fourth-order valence-electron chi connectivity index (χ4n) is 8.28. The molecular formula is C55H66N6O8S4. The summed E-state index contributed by atoms with van der Waals surface area (Å²) in [4.78, 5) is 25.4. The smallest absolute Gasteiger partial charge is 0.323 e. The maximum Gasteiger partial charge on any atom is 0.323 e. The van der Waals surface area contributed by atoms with Crippen molar-refractivity contribution in [1.29, 1.82) is 0 Å². The number of carbonyl (C=O) groups excluding carboxylic acids is 1. The van der Waals surface area contributed by atoms with Crippen LogP contribution in [0.1, 0.15) is 63.5 Å². The van der Waals surface area contributed by atoms with E-state index in [9.17, 15) is 30.0 Å². The zero-order chi connectivity index (χ0) is 52.6. The quantitative estimate of drug-likeness (QED) is 0.0596. The van der Waals surface area contributed by atoms with Gasteiger partial charge >= 0.3 is 5.97 Å². The van der Waals surface area contributed by atoms with Crippen molar-refractivity contribution in [1.82, 2.24) is 19.2 Å². The molecule has 2 aliphatic rings. The number of nitrogen functional groups attached to an aromatic ring is 1. The van der Waals surface area contributed by atoms with E-state index in [1.54, 1.807) is 0 Å². The number of aromatic amines is 1. The standard InChI is InChI=1S/C18H15S.C13H10N2.C12H22N3O8S3.C12H19N/c1-4-10-16(11-5-1)19(17-12-6-2-7-13-17)18-14-8-3-9-15-18;1-2-6-10(7-3-1)13-14-11-8-4-5-9-12(11)15-13;1-24(17,18)13-25(19,20)9-2-10-26(21,22)15-6-4-14(5-7-15)11-3-8-23-12(11)16;1-8(2)10-6-5-7-11(9(3)4)12(10)13/h1-15H;1-9H,(H,14,15);11H,2-10H2,1H3;5-9H,13H2,1-4H3/q+1;;-1;. The molecule has 0 radical (unpaired) electrons. The number of benzene rings is 6. The lowest BCUT2D eigenvalue weighted by molar-refractivity contribution is -0.142. The van der Waals surface area contributed by atoms with Crippen LogP contribution >= 0.6 is 0 Å². The van der Waals surface area contributed by atoms with E-state index in [4.69, 9.17) is 10.5 Å². The number of piperazine rings is 1. The van der Waals surface area contributed by atoms with Gasteiger partial charge in [0.05, 0.1) is 54.3 Å². The Hall–Kier alpha value is -5.86. The third kappa shape index (κ3) is 16.8. The first-order chi connectivity index (χ1) is 34.8. The van der Waals surface area contributed by atoms with Gasteiger partial charge in [0.1, 0.15) is 11.9 Å². The number of ether oxygens (including phenoxy) is 1. The van der Waals surface area contributed by atoms with Crippen LogP contribution in [0.15, 0.2) is 178 Å². The van der Waals surface area contributed by atoms with Crippen molar-refractivity contribution in [2.45, 2.75) is 73.1 Å². The molecule has 3 heterocycles. The molecular weight excluding hydrogens is 1000 g/mol. The van der Waals surface area contributed by atoms with E-state index in [0.717, 1.165) is 28.1 Å². The number of hydrogen-bond acceptors (Lipinski definition) is 11. The van der Waals surface area contributed by atoms with Gasteiger partial charge < -0.3 is 19.6 Å². The first kappa shape index (κ1) is 56.4. The monoisotopic (exact) mass is 1070 g/mol. The summed E-state index contributed by atoms with van der Waals surface area (Å²) in [5, 5.41) is 0. The highest BCUT2D eigenvalue weighted by Crippen LogP contribution is 2.31. The molecule has 9 rings (SSSR count). The average Bonchev–Trinajstić information content (AvgIpc) is 4.01. The van der Waals surface area contributed by atoms with Crippen molar-refractivity contribution >= 4 is 63.7 Å². The Morgan fingerprint density at radius 1 is 0.658 bits per heavy atom. The molecule has 3 N–H and O–H groups in total. The average molecular weight is 1070 g/mol. The summed E-state index contributed by atoms with van der Waals surface area (Å²) in [5.74, 6) is 0.583. The second-order valence-corrected chi connectivity index (χ2v) is 25.8. The summed E-state index contributed by atoms with van der Waals surface area (Å²) in [5.41, 5.74) is 12.8. The molecule has 1 aromatic heterocycles. The third-order valence-electron chi connectivity index (χ3n) is 11.9. The highest BCUT2D eigenvalue weighted by Gasteiger charge is 2.36. The number of imidazole rings is 1. The molecule has 14 nitrogen and oxygen atoms in total. The molecule has 388 valence electrons. The van der Waals surface area contributed by atoms with Gasteiger partial charge in [0.25, 0.3) is 0 Å². The fraction of sp³-hybridized carbons (Fsp3) is 0.309. The zero-order valence-corrected chi connectivity index (χ0v) is 45.2. The molecule has 0 aliphatic carbocycles. The van der Waals surface area contributed by atoms with E-state index < -0.39 is 41.6 Å². The van der Waals surface area contributed by atoms with Gasteiger partial charge in [-0.05, 0) is 77.9 Å². The van der Waals surface area contributed by atoms with Crippen molar-refractivity contribution in [2.24, 2.45) is 0 Å². The lowest BCUT2D eigenvalue weighted by Gasteiger charge is -2.35. The Bertz CT molecular complexity index is 3020. The lowest BCUT2D eigenvalue weighted by Crippen LogP contribution is -2.53. The Balaban J connectivity index is 0.000000164. The van der Waals surface area contributed by atoms with E-state index in [1.807, 2.05) is 47.4 Å². The fourth-order valence-corrected chi connectivity index (χ4v) is 14.5. The summed E-state index contributed by atoms with van der Waals surface area (Å²) in [6.45, 7) is 10.3. The van der Waals surface area contributed by atoms with Crippen molar-refractivity contribution in [3.63, 3.8) is 0 Å². The van der Waals surface area contributed by atoms with Gasteiger partial charge in [0.2, 0.25) is 10.0 Å². The topological polar surface area (TPSA) is 204 Å². The molecule has 73 heavy (non-hydrogen) atoms. The van der Waals surface area contributed by atoms with Gasteiger partial charge in [-0.15, -0.1) is 0 Å². The Labute approximate surface area is 434 Å². The maximum absolute atomic E-state index is 12.3. The number of carbonyl (C=O) groups is 1. The normalized spacial score (nSPS) is 15.5. The number of nitrogens with two attached hydrogens (primary N) is 1. The minimum absolute atomic E-state index is 0.0146.